The molecule has 0 aromatic heterocycles. The van der Waals surface area contributed by atoms with Crippen molar-refractivity contribution in [3.8, 4) is 5.75 Å². The summed E-state index contributed by atoms with van der Waals surface area (Å²) in [7, 11) is -4.40. The van der Waals surface area contributed by atoms with Crippen molar-refractivity contribution in [3.05, 3.63) is 88.2 Å². The zero-order valence-corrected chi connectivity index (χ0v) is 24.6. The fraction of sp³-hybridized carbons (Fsp3) is 0.355. The van der Waals surface area contributed by atoms with Gasteiger partial charge < -0.3 is 9.64 Å². The number of alkyl halides is 3. The van der Waals surface area contributed by atoms with Crippen LogP contribution in [0.2, 0.25) is 5.02 Å². The van der Waals surface area contributed by atoms with Crippen molar-refractivity contribution >= 4 is 39.0 Å². The molecule has 5 nitrogen and oxygen atoms in total. The Morgan fingerprint density at radius 3 is 2.52 bits per heavy atom. The van der Waals surface area contributed by atoms with Crippen molar-refractivity contribution < 1.29 is 30.7 Å². The second-order valence-corrected chi connectivity index (χ2v) is 12.9. The number of rotatable bonds is 8. The van der Waals surface area contributed by atoms with Gasteiger partial charge in [0, 0.05) is 5.56 Å². The van der Waals surface area contributed by atoms with Crippen LogP contribution < -0.4 is 9.04 Å². The fourth-order valence-electron chi connectivity index (χ4n) is 5.50. The van der Waals surface area contributed by atoms with Crippen LogP contribution >= 0.6 is 11.6 Å². The Morgan fingerprint density at radius 2 is 1.81 bits per heavy atom. The maximum atomic E-state index is 14.5. The van der Waals surface area contributed by atoms with E-state index >= 15 is 0 Å². The number of anilines is 1. The molecule has 0 bridgehead atoms. The molecule has 5 rings (SSSR count). The maximum Gasteiger partial charge on any atom is 0.416 e. The third-order valence-corrected chi connectivity index (χ3v) is 9.69. The SMILES string of the molecule is CC(=Cc1ccc2c(c1)N(S(=O)(=O)c1cccc(C(F)(F)F)c1)C[C@H](CCCN1CCCC1)O2)c1c(F)cccc1Cl. The molecule has 2 aliphatic rings. The van der Waals surface area contributed by atoms with Crippen LogP contribution in [-0.4, -0.2) is 45.6 Å². The van der Waals surface area contributed by atoms with Crippen LogP contribution in [0.3, 0.4) is 0 Å². The Balaban J connectivity index is 1.50. The van der Waals surface area contributed by atoms with E-state index in [4.69, 9.17) is 16.3 Å². The first-order valence-electron chi connectivity index (χ1n) is 13.8. The monoisotopic (exact) mass is 622 g/mol. The number of halogens is 5. The van der Waals surface area contributed by atoms with Gasteiger partial charge in [0.15, 0.2) is 0 Å². The van der Waals surface area contributed by atoms with Crippen LogP contribution in [0.15, 0.2) is 65.6 Å². The molecule has 0 aliphatic carbocycles. The Labute approximate surface area is 248 Å². The lowest BCUT2D eigenvalue weighted by molar-refractivity contribution is -0.137. The van der Waals surface area contributed by atoms with Crippen molar-refractivity contribution in [2.75, 3.05) is 30.5 Å². The Morgan fingerprint density at radius 1 is 1.07 bits per heavy atom. The van der Waals surface area contributed by atoms with Crippen molar-refractivity contribution in [2.45, 2.75) is 49.8 Å². The van der Waals surface area contributed by atoms with Crippen molar-refractivity contribution in [1.29, 1.82) is 0 Å². The molecule has 1 saturated heterocycles. The Hall–Kier alpha value is -3.08. The van der Waals surface area contributed by atoms with Gasteiger partial charge in [-0.05, 0) is 106 Å². The minimum Gasteiger partial charge on any atom is -0.486 e. The molecule has 1 fully saturated rings. The second kappa shape index (κ2) is 12.3. The highest BCUT2D eigenvalue weighted by Crippen LogP contribution is 2.40. The number of hydrogen-bond donors (Lipinski definition) is 0. The van der Waals surface area contributed by atoms with E-state index in [2.05, 4.69) is 4.90 Å². The van der Waals surface area contributed by atoms with Crippen LogP contribution in [-0.2, 0) is 16.2 Å². The van der Waals surface area contributed by atoms with Gasteiger partial charge in [-0.25, -0.2) is 12.8 Å². The van der Waals surface area contributed by atoms with Gasteiger partial charge in [0.1, 0.15) is 17.7 Å². The highest BCUT2D eigenvalue weighted by molar-refractivity contribution is 7.92. The average Bonchev–Trinajstić information content (AvgIpc) is 3.46. The molecule has 3 aromatic carbocycles. The number of likely N-dealkylation sites (tertiary alicyclic amines) is 1. The summed E-state index contributed by atoms with van der Waals surface area (Å²) >= 11 is 6.23. The van der Waals surface area contributed by atoms with Gasteiger partial charge in [-0.1, -0.05) is 35.9 Å². The largest absolute Gasteiger partial charge is 0.486 e. The highest BCUT2D eigenvalue weighted by Gasteiger charge is 2.37. The summed E-state index contributed by atoms with van der Waals surface area (Å²) in [4.78, 5) is 1.90. The number of fused-ring (bicyclic) bond motifs is 1. The smallest absolute Gasteiger partial charge is 0.416 e. The predicted octanol–water partition coefficient (Wildman–Crippen LogP) is 7.89. The highest BCUT2D eigenvalue weighted by atomic mass is 35.5. The van der Waals surface area contributed by atoms with Gasteiger partial charge in [0.25, 0.3) is 10.0 Å². The number of ether oxygens (including phenoxy) is 1. The lowest BCUT2D eigenvalue weighted by Crippen LogP contribution is -2.43. The van der Waals surface area contributed by atoms with E-state index in [-0.39, 0.29) is 22.8 Å². The summed E-state index contributed by atoms with van der Waals surface area (Å²) in [5.74, 6) is -0.190. The molecule has 0 unspecified atom stereocenters. The molecule has 1 atom stereocenters. The molecular formula is C31H31ClF4N2O3S. The zero-order valence-electron chi connectivity index (χ0n) is 23.0. The van der Waals surface area contributed by atoms with Gasteiger partial charge >= 0.3 is 6.18 Å². The van der Waals surface area contributed by atoms with E-state index in [1.54, 1.807) is 37.3 Å². The number of hydrogen-bond acceptors (Lipinski definition) is 4. The summed E-state index contributed by atoms with van der Waals surface area (Å²) in [6.45, 7) is 4.58. The zero-order chi connectivity index (χ0) is 30.1. The normalized spacial score (nSPS) is 18.2. The quantitative estimate of drug-likeness (QED) is 0.189. The van der Waals surface area contributed by atoms with E-state index in [0.717, 1.165) is 61.4 Å². The molecule has 3 aromatic rings. The minimum atomic E-state index is -4.70. The average molecular weight is 623 g/mol. The predicted molar refractivity (Wildman–Crippen MR) is 157 cm³/mol. The van der Waals surface area contributed by atoms with Crippen LogP contribution in [0, 0.1) is 5.82 Å². The molecule has 2 aliphatic heterocycles. The van der Waals surface area contributed by atoms with E-state index in [0.29, 0.717) is 29.4 Å². The van der Waals surface area contributed by atoms with E-state index in [1.165, 1.54) is 12.1 Å². The number of nitrogens with zero attached hydrogens (tertiary/aromatic N) is 2. The number of sulfonamides is 1. The van der Waals surface area contributed by atoms with E-state index < -0.39 is 38.6 Å². The second-order valence-electron chi connectivity index (χ2n) is 10.6. The lowest BCUT2D eigenvalue weighted by Gasteiger charge is -2.36. The molecule has 0 amide bonds. The van der Waals surface area contributed by atoms with Crippen LogP contribution in [0.25, 0.3) is 11.6 Å². The number of allylic oxidation sites excluding steroid dienone is 1. The molecule has 42 heavy (non-hydrogen) atoms. The first-order chi connectivity index (χ1) is 19.9. The summed E-state index contributed by atoms with van der Waals surface area (Å²) in [5.41, 5.74) is 0.435. The number of benzene rings is 3. The van der Waals surface area contributed by atoms with Crippen LogP contribution in [0.4, 0.5) is 23.2 Å². The summed E-state index contributed by atoms with van der Waals surface area (Å²) in [6, 6.07) is 13.1. The van der Waals surface area contributed by atoms with Gasteiger partial charge in [0.05, 0.1) is 27.7 Å². The Kier molecular flexibility index (Phi) is 8.87. The summed E-state index contributed by atoms with van der Waals surface area (Å²) in [5, 5.41) is 0.232. The third-order valence-electron chi connectivity index (χ3n) is 7.60. The van der Waals surface area contributed by atoms with Crippen LogP contribution in [0.1, 0.15) is 49.3 Å². The first kappa shape index (κ1) is 30.4. The van der Waals surface area contributed by atoms with Crippen molar-refractivity contribution in [1.82, 2.24) is 4.90 Å². The maximum absolute atomic E-state index is 14.5. The van der Waals surface area contributed by atoms with Crippen molar-refractivity contribution in [2.24, 2.45) is 0 Å². The molecule has 224 valence electrons. The Bertz CT molecular complexity index is 1570. The van der Waals surface area contributed by atoms with Gasteiger partial charge in [0.2, 0.25) is 0 Å². The summed E-state index contributed by atoms with van der Waals surface area (Å²) in [6.07, 6.45) is 0.183. The summed E-state index contributed by atoms with van der Waals surface area (Å²) < 4.78 is 90.1. The van der Waals surface area contributed by atoms with Gasteiger partial charge in [-0.15, -0.1) is 0 Å². The minimum absolute atomic E-state index is 0.0587. The van der Waals surface area contributed by atoms with E-state index in [9.17, 15) is 26.0 Å². The topological polar surface area (TPSA) is 49.9 Å². The molecular weight excluding hydrogens is 592 g/mol. The van der Waals surface area contributed by atoms with Crippen LogP contribution in [0.5, 0.6) is 5.75 Å². The van der Waals surface area contributed by atoms with Crippen molar-refractivity contribution in [3.63, 3.8) is 0 Å². The molecule has 0 N–H and O–H groups in total. The van der Waals surface area contributed by atoms with Gasteiger partial charge in [-0.3, -0.25) is 4.31 Å². The first-order valence-corrected chi connectivity index (χ1v) is 15.6. The third kappa shape index (κ3) is 6.61. The standard InChI is InChI=1S/C31H31ClF4N2O3S/c1-21(30-26(32)10-5-11-27(30)33)17-22-12-13-29-28(18-22)38(20-24(41-29)8-6-16-37-14-2-3-15-37)42(39,40)25-9-4-7-23(19-25)31(34,35)36/h4-5,7,9-13,17-19,24H,2-3,6,8,14-16,20H2,1H3/t24-/m0/s1. The molecule has 0 spiro atoms. The van der Waals surface area contributed by atoms with Gasteiger partial charge in [-0.2, -0.15) is 13.2 Å². The molecule has 0 radical (unpaired) electrons. The molecule has 0 saturated carbocycles. The lowest BCUT2D eigenvalue weighted by atomic mass is 10.0. The fourth-order valence-corrected chi connectivity index (χ4v) is 7.36. The molecule has 11 heteroatoms. The molecule has 2 heterocycles. The van der Waals surface area contributed by atoms with E-state index in [1.807, 2.05) is 0 Å².